The molecule has 178 valence electrons. The van der Waals surface area contributed by atoms with E-state index in [1.807, 2.05) is 0 Å². The Balaban J connectivity index is 1.72. The van der Waals surface area contributed by atoms with Crippen LogP contribution in [0.1, 0.15) is 22.3 Å². The quantitative estimate of drug-likeness (QED) is 0.173. The van der Waals surface area contributed by atoms with Gasteiger partial charge in [0.1, 0.15) is 0 Å². The third kappa shape index (κ3) is 3.70. The molecule has 0 saturated heterocycles. The molecule has 0 atom stereocenters. The first-order valence-corrected chi connectivity index (χ1v) is 13.1. The van der Waals surface area contributed by atoms with Crippen LogP contribution in [0.3, 0.4) is 0 Å². The Kier molecular flexibility index (Phi) is 5.57. The largest absolute Gasteiger partial charge is 0.0622 e. The molecular formula is C38H26. The van der Waals surface area contributed by atoms with Gasteiger partial charge < -0.3 is 0 Å². The molecule has 0 amide bonds. The second-order valence-electron chi connectivity index (χ2n) is 9.67. The normalized spacial score (nSPS) is 11.2. The molecule has 0 aliphatic heterocycles. The number of hydrogen-bond donors (Lipinski definition) is 0. The minimum atomic E-state index is 1.21. The Morgan fingerprint density at radius 2 is 0.605 bits per heavy atom. The monoisotopic (exact) mass is 482 g/mol. The highest BCUT2D eigenvalue weighted by Gasteiger charge is 2.20. The molecule has 0 fully saturated rings. The Bertz CT molecular complexity index is 1840. The van der Waals surface area contributed by atoms with Crippen molar-refractivity contribution in [3.63, 3.8) is 0 Å². The average molecular weight is 483 g/mol. The molecule has 0 nitrogen and oxygen atoms in total. The molecule has 0 saturated carbocycles. The van der Waals surface area contributed by atoms with Crippen LogP contribution in [0.2, 0.25) is 0 Å². The number of rotatable bonds is 4. The van der Waals surface area contributed by atoms with Crippen LogP contribution in [0.25, 0.3) is 43.5 Å². The Morgan fingerprint density at radius 1 is 0.263 bits per heavy atom. The molecule has 0 bridgehead atoms. The van der Waals surface area contributed by atoms with Gasteiger partial charge in [0.15, 0.2) is 0 Å². The van der Waals surface area contributed by atoms with Gasteiger partial charge in [-0.2, -0.15) is 0 Å². The maximum Gasteiger partial charge on any atom is -0.00199 e. The topological polar surface area (TPSA) is 0 Å². The van der Waals surface area contributed by atoms with E-state index in [0.29, 0.717) is 0 Å². The van der Waals surface area contributed by atoms with E-state index in [1.165, 1.54) is 65.7 Å². The Morgan fingerprint density at radius 3 is 1.08 bits per heavy atom. The van der Waals surface area contributed by atoms with Gasteiger partial charge in [0, 0.05) is 0 Å². The minimum absolute atomic E-state index is 1.21. The molecule has 0 heteroatoms. The maximum absolute atomic E-state index is 2.30. The summed E-state index contributed by atoms with van der Waals surface area (Å²) in [5, 5.41) is 7.73. The van der Waals surface area contributed by atoms with Gasteiger partial charge in [0.25, 0.3) is 0 Å². The lowest BCUT2D eigenvalue weighted by Crippen LogP contribution is -1.99. The highest BCUT2D eigenvalue weighted by atomic mass is 14.2. The van der Waals surface area contributed by atoms with Crippen LogP contribution in [0.4, 0.5) is 0 Å². The maximum atomic E-state index is 2.30. The highest BCUT2D eigenvalue weighted by Crippen LogP contribution is 2.43. The molecule has 0 aromatic heterocycles. The minimum Gasteiger partial charge on any atom is -0.0622 e. The molecule has 0 spiro atoms. The fourth-order valence-corrected chi connectivity index (χ4v) is 5.87. The van der Waals surface area contributed by atoms with Gasteiger partial charge in [-0.05, 0) is 65.7 Å². The first kappa shape index (κ1) is 22.3. The smallest absolute Gasteiger partial charge is 0.00199 e. The standard InChI is InChI=1S/C38H26/c1-4-15-27(16-5-1)36(28-17-6-2-7-18-28)37(29-19-8-3-9-20-29)35-26-14-25-34-32-22-11-10-21-30(32)31-23-12-13-24-33(31)38(34)35/h1-26H. The lowest BCUT2D eigenvalue weighted by atomic mass is 9.82. The molecule has 7 aromatic rings. The van der Waals surface area contributed by atoms with Crippen LogP contribution in [0.5, 0.6) is 0 Å². The van der Waals surface area contributed by atoms with Gasteiger partial charge in [-0.3, -0.25) is 0 Å². The van der Waals surface area contributed by atoms with Crippen molar-refractivity contribution in [1.82, 2.24) is 0 Å². The molecule has 7 aromatic carbocycles. The average Bonchev–Trinajstić information content (AvgIpc) is 3.01. The number of fused-ring (bicyclic) bond motifs is 6. The lowest BCUT2D eigenvalue weighted by molar-refractivity contribution is 1.52. The van der Waals surface area contributed by atoms with Crippen LogP contribution in [-0.2, 0) is 0 Å². The second kappa shape index (κ2) is 9.50. The van der Waals surface area contributed by atoms with Crippen molar-refractivity contribution in [3.05, 3.63) is 180 Å². The Labute approximate surface area is 223 Å². The van der Waals surface area contributed by atoms with Gasteiger partial charge >= 0.3 is 0 Å². The van der Waals surface area contributed by atoms with Gasteiger partial charge in [-0.1, -0.05) is 158 Å². The summed E-state index contributed by atoms with van der Waals surface area (Å²) < 4.78 is 0. The zero-order valence-corrected chi connectivity index (χ0v) is 21.0. The zero-order valence-electron chi connectivity index (χ0n) is 21.0. The number of benzene rings is 7. The molecule has 0 N–H and O–H groups in total. The summed E-state index contributed by atoms with van der Waals surface area (Å²) in [6, 6.07) is 56.9. The summed E-state index contributed by atoms with van der Waals surface area (Å²) in [4.78, 5) is 0. The summed E-state index contributed by atoms with van der Waals surface area (Å²) >= 11 is 0. The fourth-order valence-electron chi connectivity index (χ4n) is 5.87. The van der Waals surface area contributed by atoms with E-state index >= 15 is 0 Å². The SMILES string of the molecule is c1ccc(C(=C(c2ccccc2)c2cccc3c4ccccc4c4ccccc4c23)c2ccccc2)cc1. The third-order valence-electron chi connectivity index (χ3n) is 7.47. The van der Waals surface area contributed by atoms with Gasteiger partial charge in [0.05, 0.1) is 0 Å². The van der Waals surface area contributed by atoms with Gasteiger partial charge in [0.2, 0.25) is 0 Å². The van der Waals surface area contributed by atoms with Crippen molar-refractivity contribution in [3.8, 4) is 0 Å². The molecule has 0 radical (unpaired) electrons. The van der Waals surface area contributed by atoms with Crippen LogP contribution >= 0.6 is 0 Å². The molecule has 38 heavy (non-hydrogen) atoms. The van der Waals surface area contributed by atoms with Crippen molar-refractivity contribution in [2.45, 2.75) is 0 Å². The predicted octanol–water partition coefficient (Wildman–Crippen LogP) is 10.2. The molecule has 0 unspecified atom stereocenters. The molecule has 0 aliphatic carbocycles. The van der Waals surface area contributed by atoms with Crippen molar-refractivity contribution >= 4 is 43.5 Å². The fraction of sp³-hybridized carbons (Fsp3) is 0. The van der Waals surface area contributed by atoms with E-state index in [-0.39, 0.29) is 0 Å². The first-order chi connectivity index (χ1) is 18.9. The van der Waals surface area contributed by atoms with E-state index in [4.69, 9.17) is 0 Å². The highest BCUT2D eigenvalue weighted by molar-refractivity contribution is 6.28. The lowest BCUT2D eigenvalue weighted by Gasteiger charge is -2.21. The first-order valence-electron chi connectivity index (χ1n) is 13.1. The van der Waals surface area contributed by atoms with Crippen molar-refractivity contribution in [2.75, 3.05) is 0 Å². The molecule has 0 heterocycles. The summed E-state index contributed by atoms with van der Waals surface area (Å²) in [7, 11) is 0. The van der Waals surface area contributed by atoms with Crippen molar-refractivity contribution in [1.29, 1.82) is 0 Å². The summed E-state index contributed by atoms with van der Waals surface area (Å²) in [6.07, 6.45) is 0. The molecule has 7 rings (SSSR count). The second-order valence-corrected chi connectivity index (χ2v) is 9.67. The van der Waals surface area contributed by atoms with E-state index in [2.05, 4.69) is 158 Å². The number of hydrogen-bond acceptors (Lipinski definition) is 0. The van der Waals surface area contributed by atoms with E-state index in [0.717, 1.165) is 0 Å². The van der Waals surface area contributed by atoms with E-state index in [9.17, 15) is 0 Å². The van der Waals surface area contributed by atoms with Gasteiger partial charge in [-0.15, -0.1) is 0 Å². The van der Waals surface area contributed by atoms with Crippen LogP contribution in [0, 0.1) is 0 Å². The van der Waals surface area contributed by atoms with Crippen molar-refractivity contribution in [2.24, 2.45) is 0 Å². The zero-order chi connectivity index (χ0) is 25.3. The predicted molar refractivity (Wildman–Crippen MR) is 163 cm³/mol. The summed E-state index contributed by atoms with van der Waals surface area (Å²) in [5.74, 6) is 0. The van der Waals surface area contributed by atoms with E-state index < -0.39 is 0 Å². The van der Waals surface area contributed by atoms with Crippen LogP contribution in [0.15, 0.2) is 158 Å². The van der Waals surface area contributed by atoms with E-state index in [1.54, 1.807) is 0 Å². The Hall–Kier alpha value is -4.94. The van der Waals surface area contributed by atoms with Crippen LogP contribution < -0.4 is 0 Å². The summed E-state index contributed by atoms with van der Waals surface area (Å²) in [5.41, 5.74) is 7.36. The molecule has 0 aliphatic rings. The summed E-state index contributed by atoms with van der Waals surface area (Å²) in [6.45, 7) is 0. The van der Waals surface area contributed by atoms with Crippen molar-refractivity contribution < 1.29 is 0 Å². The van der Waals surface area contributed by atoms with Crippen LogP contribution in [-0.4, -0.2) is 0 Å². The molecular weight excluding hydrogens is 456 g/mol. The van der Waals surface area contributed by atoms with Gasteiger partial charge in [-0.25, -0.2) is 0 Å². The third-order valence-corrected chi connectivity index (χ3v) is 7.47.